The lowest BCUT2D eigenvalue weighted by atomic mass is 10.2. The summed E-state index contributed by atoms with van der Waals surface area (Å²) < 4.78 is 13.0. The molecule has 0 spiro atoms. The fourth-order valence-electron chi connectivity index (χ4n) is 2.62. The van der Waals surface area contributed by atoms with E-state index in [4.69, 9.17) is 20.2 Å². The van der Waals surface area contributed by atoms with Crippen LogP contribution in [0, 0.1) is 0 Å². The molecule has 0 atom stereocenters. The van der Waals surface area contributed by atoms with E-state index in [1.54, 1.807) is 14.2 Å². The van der Waals surface area contributed by atoms with Crippen molar-refractivity contribution in [1.82, 2.24) is 14.5 Å². The van der Waals surface area contributed by atoms with Gasteiger partial charge in [-0.05, 0) is 33.6 Å². The van der Waals surface area contributed by atoms with Crippen molar-refractivity contribution >= 4 is 48.3 Å². The molecule has 146 valence electrons. The van der Waals surface area contributed by atoms with Gasteiger partial charge in [-0.1, -0.05) is 0 Å². The molecule has 2 rings (SSSR count). The number of methoxy groups -OCH3 is 2. The normalized spacial score (nSPS) is 10.0. The van der Waals surface area contributed by atoms with Crippen LogP contribution in [0.2, 0.25) is 0 Å². The van der Waals surface area contributed by atoms with E-state index in [1.807, 2.05) is 12.1 Å². The minimum absolute atomic E-state index is 0. The van der Waals surface area contributed by atoms with Crippen molar-refractivity contribution in [2.75, 3.05) is 41.4 Å². The Balaban J connectivity index is 0. The second kappa shape index (κ2) is 12.4. The van der Waals surface area contributed by atoms with Gasteiger partial charge in [0, 0.05) is 25.1 Å². The number of fused-ring (bicyclic) bond motifs is 1. The van der Waals surface area contributed by atoms with Gasteiger partial charge < -0.3 is 24.7 Å². The number of rotatable bonds is 8. The van der Waals surface area contributed by atoms with Crippen LogP contribution in [0.3, 0.4) is 0 Å². The molecule has 0 radical (unpaired) electrons. The lowest BCUT2D eigenvalue weighted by molar-refractivity contribution is 0.355. The quantitative estimate of drug-likeness (QED) is 0.718. The number of nitrogens with two attached hydrogens (primary N) is 1. The summed E-state index contributed by atoms with van der Waals surface area (Å²) in [5, 5.41) is 0. The van der Waals surface area contributed by atoms with Gasteiger partial charge in [-0.15, -0.1) is 37.2 Å². The second-order valence-electron chi connectivity index (χ2n) is 5.57. The molecule has 6 nitrogen and oxygen atoms in total. The Morgan fingerprint density at radius 1 is 1.08 bits per heavy atom. The Labute approximate surface area is 168 Å². The number of hydrogen-bond acceptors (Lipinski definition) is 5. The molecule has 0 amide bonds. The van der Waals surface area contributed by atoms with E-state index in [9.17, 15) is 0 Å². The summed E-state index contributed by atoms with van der Waals surface area (Å²) in [7, 11) is 7.46. The maximum absolute atomic E-state index is 5.73. The van der Waals surface area contributed by atoms with Gasteiger partial charge >= 0.3 is 0 Å². The highest BCUT2D eigenvalue weighted by Crippen LogP contribution is 2.32. The van der Waals surface area contributed by atoms with E-state index in [2.05, 4.69) is 23.6 Å². The van der Waals surface area contributed by atoms with Crippen LogP contribution in [-0.4, -0.2) is 55.9 Å². The minimum atomic E-state index is 0. The third-order valence-corrected chi connectivity index (χ3v) is 3.69. The third-order valence-electron chi connectivity index (χ3n) is 3.69. The van der Waals surface area contributed by atoms with Crippen LogP contribution in [-0.2, 0) is 13.0 Å². The maximum atomic E-state index is 5.73. The van der Waals surface area contributed by atoms with Gasteiger partial charge in [-0.3, -0.25) is 0 Å². The summed E-state index contributed by atoms with van der Waals surface area (Å²) >= 11 is 0. The van der Waals surface area contributed by atoms with Gasteiger partial charge in [-0.2, -0.15) is 0 Å². The number of aryl methyl sites for hydroxylation is 1. The van der Waals surface area contributed by atoms with E-state index >= 15 is 0 Å². The van der Waals surface area contributed by atoms with Crippen LogP contribution < -0.4 is 15.2 Å². The van der Waals surface area contributed by atoms with E-state index in [1.165, 1.54) is 0 Å². The number of aromatic nitrogens is 2. The zero-order chi connectivity index (χ0) is 16.1. The molecule has 9 heteroatoms. The molecule has 0 aliphatic rings. The molecule has 0 fully saturated rings. The van der Waals surface area contributed by atoms with Crippen LogP contribution in [0.5, 0.6) is 11.5 Å². The number of hydrogen-bond donors (Lipinski definition) is 1. The first-order valence-electron chi connectivity index (χ1n) is 7.56. The standard InChI is InChI=1S/C16H26N4O2.3ClH/c1-19(2)8-5-9-20-13-11-15(22-4)14(21-3)10-12(13)18-16(20)6-7-17;;;/h10-11H,5-9,17H2,1-4H3;3*1H. The molecule has 2 N–H and O–H groups in total. The van der Waals surface area contributed by atoms with Crippen LogP contribution in [0.15, 0.2) is 12.1 Å². The van der Waals surface area contributed by atoms with Crippen molar-refractivity contribution in [2.24, 2.45) is 5.73 Å². The van der Waals surface area contributed by atoms with Crippen LogP contribution >= 0.6 is 37.2 Å². The SMILES string of the molecule is COc1cc2nc(CCN)n(CCCN(C)C)c2cc1OC.Cl.Cl.Cl. The zero-order valence-corrected chi connectivity index (χ0v) is 17.6. The Bertz CT molecular complexity index is 635. The molecule has 0 saturated carbocycles. The molecule has 0 unspecified atom stereocenters. The first-order chi connectivity index (χ1) is 10.6. The average molecular weight is 416 g/mol. The maximum Gasteiger partial charge on any atom is 0.163 e. The van der Waals surface area contributed by atoms with Gasteiger partial charge in [0.25, 0.3) is 0 Å². The highest BCUT2D eigenvalue weighted by Gasteiger charge is 2.14. The molecular formula is C16H29Cl3N4O2. The van der Waals surface area contributed by atoms with Gasteiger partial charge in [0.05, 0.1) is 25.3 Å². The van der Waals surface area contributed by atoms with E-state index < -0.39 is 0 Å². The number of nitrogens with zero attached hydrogens (tertiary/aromatic N) is 3. The summed E-state index contributed by atoms with van der Waals surface area (Å²) in [4.78, 5) is 6.90. The number of benzene rings is 1. The van der Waals surface area contributed by atoms with Crippen molar-refractivity contribution in [2.45, 2.75) is 19.4 Å². The van der Waals surface area contributed by atoms with Crippen molar-refractivity contribution in [3.63, 3.8) is 0 Å². The van der Waals surface area contributed by atoms with E-state index in [0.717, 1.165) is 48.5 Å². The Hall–Kier alpha value is -0.920. The summed E-state index contributed by atoms with van der Waals surface area (Å²) in [5.41, 5.74) is 7.72. The highest BCUT2D eigenvalue weighted by molar-refractivity contribution is 5.86. The topological polar surface area (TPSA) is 65.5 Å². The molecule has 25 heavy (non-hydrogen) atoms. The molecule has 0 saturated heterocycles. The van der Waals surface area contributed by atoms with E-state index in [-0.39, 0.29) is 37.2 Å². The first-order valence-corrected chi connectivity index (χ1v) is 7.56. The average Bonchev–Trinajstić information content (AvgIpc) is 2.82. The third kappa shape index (κ3) is 6.38. The Morgan fingerprint density at radius 3 is 2.20 bits per heavy atom. The second-order valence-corrected chi connectivity index (χ2v) is 5.57. The van der Waals surface area contributed by atoms with Gasteiger partial charge in [0.2, 0.25) is 0 Å². The molecule has 1 heterocycles. The summed E-state index contributed by atoms with van der Waals surface area (Å²) in [6.07, 6.45) is 1.83. The molecule has 0 aliphatic carbocycles. The highest BCUT2D eigenvalue weighted by atomic mass is 35.5. The smallest absolute Gasteiger partial charge is 0.163 e. The lowest BCUT2D eigenvalue weighted by Gasteiger charge is -2.13. The van der Waals surface area contributed by atoms with Crippen LogP contribution in [0.1, 0.15) is 12.2 Å². The fraction of sp³-hybridized carbons (Fsp3) is 0.562. The van der Waals surface area contributed by atoms with Crippen molar-refractivity contribution < 1.29 is 9.47 Å². The van der Waals surface area contributed by atoms with Gasteiger partial charge in [0.1, 0.15) is 5.82 Å². The Morgan fingerprint density at radius 2 is 1.68 bits per heavy atom. The molecule has 1 aromatic heterocycles. The number of imidazole rings is 1. The zero-order valence-electron chi connectivity index (χ0n) is 15.2. The Kier molecular flexibility index (Phi) is 13.1. The summed E-state index contributed by atoms with van der Waals surface area (Å²) in [5.74, 6) is 2.45. The van der Waals surface area contributed by atoms with Crippen LogP contribution in [0.4, 0.5) is 0 Å². The fourth-order valence-corrected chi connectivity index (χ4v) is 2.62. The van der Waals surface area contributed by atoms with Crippen LogP contribution in [0.25, 0.3) is 11.0 Å². The van der Waals surface area contributed by atoms with Gasteiger partial charge in [-0.25, -0.2) is 4.98 Å². The largest absolute Gasteiger partial charge is 0.493 e. The van der Waals surface area contributed by atoms with Gasteiger partial charge in [0.15, 0.2) is 11.5 Å². The molecule has 0 aliphatic heterocycles. The molecule has 2 aromatic rings. The summed E-state index contributed by atoms with van der Waals surface area (Å²) in [6, 6.07) is 3.92. The molecule has 1 aromatic carbocycles. The predicted octanol–water partition coefficient (Wildman–Crippen LogP) is 2.77. The molecular weight excluding hydrogens is 387 g/mol. The number of halogens is 3. The first kappa shape index (κ1) is 26.3. The number of ether oxygens (including phenoxy) is 2. The monoisotopic (exact) mass is 414 g/mol. The predicted molar refractivity (Wildman–Crippen MR) is 111 cm³/mol. The van der Waals surface area contributed by atoms with Crippen molar-refractivity contribution in [3.8, 4) is 11.5 Å². The van der Waals surface area contributed by atoms with Crippen molar-refractivity contribution in [1.29, 1.82) is 0 Å². The lowest BCUT2D eigenvalue weighted by Crippen LogP contribution is -2.16. The summed E-state index contributed by atoms with van der Waals surface area (Å²) in [6.45, 7) is 2.54. The minimum Gasteiger partial charge on any atom is -0.493 e. The van der Waals surface area contributed by atoms with E-state index in [0.29, 0.717) is 12.3 Å². The molecule has 0 bridgehead atoms. The van der Waals surface area contributed by atoms with Crippen molar-refractivity contribution in [3.05, 3.63) is 18.0 Å².